The van der Waals surface area contributed by atoms with Gasteiger partial charge in [-0.15, -0.1) is 11.3 Å². The fourth-order valence-corrected chi connectivity index (χ4v) is 3.66. The first-order valence-corrected chi connectivity index (χ1v) is 8.01. The van der Waals surface area contributed by atoms with Gasteiger partial charge in [-0.2, -0.15) is 0 Å². The Hall–Kier alpha value is -1.27. The minimum Gasteiger partial charge on any atom is -0.300 e. The summed E-state index contributed by atoms with van der Waals surface area (Å²) in [7, 11) is -3.19. The molecular weight excluding hydrogens is 270 g/mol. The van der Waals surface area contributed by atoms with Crippen molar-refractivity contribution in [1.29, 1.82) is 0 Å². The first kappa shape index (κ1) is 13.2. The number of nitrogens with zero attached hydrogens (tertiary/aromatic N) is 1. The van der Waals surface area contributed by atoms with Crippen molar-refractivity contribution in [2.45, 2.75) is 25.2 Å². The molecule has 0 spiro atoms. The molecule has 2 rings (SSSR count). The molecule has 0 amide bonds. The fourth-order valence-electron chi connectivity index (χ4n) is 1.60. The molecule has 0 radical (unpaired) electrons. The predicted octanol–water partition coefficient (Wildman–Crippen LogP) is 2.22. The molecule has 0 saturated heterocycles. The summed E-state index contributed by atoms with van der Waals surface area (Å²) in [6.07, 6.45) is 0.301. The number of ketones is 1. The van der Waals surface area contributed by atoms with E-state index in [1.807, 2.05) is 0 Å². The van der Waals surface area contributed by atoms with Crippen molar-refractivity contribution in [3.05, 3.63) is 23.2 Å². The van der Waals surface area contributed by atoms with Crippen LogP contribution in [0.1, 0.15) is 18.9 Å². The molecule has 1 heterocycles. The molecule has 1 aromatic carbocycles. The van der Waals surface area contributed by atoms with Crippen LogP contribution in [0.25, 0.3) is 10.2 Å². The number of aromatic nitrogens is 1. The highest BCUT2D eigenvalue weighted by Gasteiger charge is 2.14. The molecule has 0 N–H and O–H groups in total. The van der Waals surface area contributed by atoms with E-state index in [0.29, 0.717) is 11.3 Å². The third-order valence-electron chi connectivity index (χ3n) is 2.54. The van der Waals surface area contributed by atoms with E-state index in [4.69, 9.17) is 0 Å². The zero-order chi connectivity index (χ0) is 13.3. The Morgan fingerprint density at radius 2 is 2.11 bits per heavy atom. The van der Waals surface area contributed by atoms with Crippen molar-refractivity contribution >= 4 is 37.2 Å². The van der Waals surface area contributed by atoms with Crippen LogP contribution in [0.15, 0.2) is 23.1 Å². The summed E-state index contributed by atoms with van der Waals surface area (Å²) < 4.78 is 24.3. The second-order valence-corrected chi connectivity index (χ2v) is 7.41. The van der Waals surface area contributed by atoms with E-state index in [-0.39, 0.29) is 11.5 Å². The lowest BCUT2D eigenvalue weighted by Gasteiger charge is -1.99. The van der Waals surface area contributed by atoms with E-state index in [1.54, 1.807) is 25.1 Å². The van der Waals surface area contributed by atoms with E-state index < -0.39 is 9.84 Å². The lowest BCUT2D eigenvalue weighted by molar-refractivity contribution is -0.116. The number of carbonyl (C=O) groups excluding carboxylic acids is 1. The summed E-state index contributed by atoms with van der Waals surface area (Å²) in [6, 6.07) is 4.89. The lowest BCUT2D eigenvalue weighted by Crippen LogP contribution is -2.02. The Morgan fingerprint density at radius 1 is 1.39 bits per heavy atom. The highest BCUT2D eigenvalue weighted by molar-refractivity contribution is 7.91. The highest BCUT2D eigenvalue weighted by atomic mass is 32.2. The molecule has 4 nitrogen and oxygen atoms in total. The van der Waals surface area contributed by atoms with Gasteiger partial charge < -0.3 is 0 Å². The van der Waals surface area contributed by atoms with Crippen molar-refractivity contribution in [1.82, 2.24) is 4.98 Å². The molecule has 6 heteroatoms. The molecule has 0 unspecified atom stereocenters. The molecule has 0 bridgehead atoms. The summed E-state index contributed by atoms with van der Waals surface area (Å²) in [4.78, 5) is 15.7. The predicted molar refractivity (Wildman–Crippen MR) is 71.7 cm³/mol. The number of rotatable bonds is 4. The van der Waals surface area contributed by atoms with Gasteiger partial charge in [0.05, 0.1) is 27.3 Å². The lowest BCUT2D eigenvalue weighted by atomic mass is 10.3. The number of fused-ring (bicyclic) bond motifs is 1. The molecule has 0 aliphatic heterocycles. The molecule has 0 atom stereocenters. The molecule has 2 aromatic rings. The Balaban J connectivity index is 2.49. The molecule has 0 aliphatic rings. The van der Waals surface area contributed by atoms with E-state index in [9.17, 15) is 13.2 Å². The van der Waals surface area contributed by atoms with Gasteiger partial charge in [-0.1, -0.05) is 6.92 Å². The van der Waals surface area contributed by atoms with Crippen LogP contribution in [0.4, 0.5) is 0 Å². The summed E-state index contributed by atoms with van der Waals surface area (Å²) >= 11 is 1.37. The monoisotopic (exact) mass is 283 g/mol. The van der Waals surface area contributed by atoms with E-state index in [2.05, 4.69) is 4.98 Å². The number of hydrogen-bond acceptors (Lipinski definition) is 5. The van der Waals surface area contributed by atoms with Crippen LogP contribution < -0.4 is 0 Å². The standard InChI is InChI=1S/C12H13NO3S2/c1-3-18(15,16)9-4-5-10-11(7-9)17-12(13-10)6-8(2)14/h4-5,7H,3,6H2,1-2H3. The summed E-state index contributed by atoms with van der Waals surface area (Å²) in [6.45, 7) is 3.13. The van der Waals surface area contributed by atoms with Crippen molar-refractivity contribution in [3.63, 3.8) is 0 Å². The van der Waals surface area contributed by atoms with Gasteiger partial charge in [0, 0.05) is 0 Å². The number of Topliss-reactive ketones (excluding diaryl/α,β-unsaturated/α-hetero) is 1. The van der Waals surface area contributed by atoms with Gasteiger partial charge in [-0.3, -0.25) is 4.79 Å². The molecule has 0 saturated carbocycles. The van der Waals surface area contributed by atoms with Crippen LogP contribution in [0.5, 0.6) is 0 Å². The van der Waals surface area contributed by atoms with Gasteiger partial charge in [0.25, 0.3) is 0 Å². The molecule has 1 aromatic heterocycles. The number of hydrogen-bond donors (Lipinski definition) is 0. The average Bonchev–Trinajstić information content (AvgIpc) is 2.68. The average molecular weight is 283 g/mol. The number of carbonyl (C=O) groups is 1. The SMILES string of the molecule is CCS(=O)(=O)c1ccc2nc(CC(C)=O)sc2c1. The zero-order valence-corrected chi connectivity index (χ0v) is 11.8. The van der Waals surface area contributed by atoms with Gasteiger partial charge in [0.15, 0.2) is 9.84 Å². The summed E-state index contributed by atoms with van der Waals surface area (Å²) in [5.41, 5.74) is 0.742. The van der Waals surface area contributed by atoms with Crippen molar-refractivity contribution in [2.75, 3.05) is 5.75 Å². The van der Waals surface area contributed by atoms with Crippen LogP contribution in [0, 0.1) is 0 Å². The van der Waals surface area contributed by atoms with Crippen LogP contribution >= 0.6 is 11.3 Å². The summed E-state index contributed by atoms with van der Waals surface area (Å²) in [5, 5.41) is 0.726. The van der Waals surface area contributed by atoms with Crippen LogP contribution in [0.3, 0.4) is 0 Å². The maximum absolute atomic E-state index is 11.8. The Labute approximate surface area is 110 Å². The number of sulfone groups is 1. The van der Waals surface area contributed by atoms with E-state index in [1.165, 1.54) is 18.3 Å². The second-order valence-electron chi connectivity index (χ2n) is 4.02. The number of benzene rings is 1. The highest BCUT2D eigenvalue weighted by Crippen LogP contribution is 2.25. The van der Waals surface area contributed by atoms with Gasteiger partial charge in [-0.25, -0.2) is 13.4 Å². The van der Waals surface area contributed by atoms with Crippen LogP contribution in [0.2, 0.25) is 0 Å². The first-order chi connectivity index (χ1) is 8.42. The Morgan fingerprint density at radius 3 is 2.72 bits per heavy atom. The third-order valence-corrected chi connectivity index (χ3v) is 5.29. The van der Waals surface area contributed by atoms with Gasteiger partial charge >= 0.3 is 0 Å². The fraction of sp³-hybridized carbons (Fsp3) is 0.333. The van der Waals surface area contributed by atoms with Gasteiger partial charge in [-0.05, 0) is 25.1 Å². The van der Waals surface area contributed by atoms with Crippen molar-refractivity contribution in [2.24, 2.45) is 0 Å². The second kappa shape index (κ2) is 4.78. The molecular formula is C12H13NO3S2. The maximum Gasteiger partial charge on any atom is 0.178 e. The summed E-state index contributed by atoms with van der Waals surface area (Å²) in [5.74, 6) is 0.132. The van der Waals surface area contributed by atoms with E-state index >= 15 is 0 Å². The zero-order valence-electron chi connectivity index (χ0n) is 10.1. The smallest absolute Gasteiger partial charge is 0.178 e. The largest absolute Gasteiger partial charge is 0.300 e. The topological polar surface area (TPSA) is 64.1 Å². The van der Waals surface area contributed by atoms with E-state index in [0.717, 1.165) is 15.2 Å². The number of thiazole rings is 1. The van der Waals surface area contributed by atoms with Crippen LogP contribution in [-0.4, -0.2) is 24.9 Å². The molecule has 0 fully saturated rings. The van der Waals surface area contributed by atoms with Crippen LogP contribution in [-0.2, 0) is 21.1 Å². The third kappa shape index (κ3) is 2.59. The molecule has 18 heavy (non-hydrogen) atoms. The Bertz CT molecular complexity index is 701. The minimum absolute atomic E-state index is 0.0514. The quantitative estimate of drug-likeness (QED) is 0.863. The van der Waals surface area contributed by atoms with Crippen molar-refractivity contribution in [3.8, 4) is 0 Å². The minimum atomic E-state index is -3.19. The van der Waals surface area contributed by atoms with Gasteiger partial charge in [0.2, 0.25) is 0 Å². The van der Waals surface area contributed by atoms with Crippen molar-refractivity contribution < 1.29 is 13.2 Å². The normalized spacial score (nSPS) is 11.9. The Kier molecular flexibility index (Phi) is 3.49. The maximum atomic E-state index is 11.8. The molecule has 0 aliphatic carbocycles. The first-order valence-electron chi connectivity index (χ1n) is 5.54. The molecule has 96 valence electrons. The van der Waals surface area contributed by atoms with Gasteiger partial charge in [0.1, 0.15) is 10.8 Å².